The Balaban J connectivity index is 2.99. The maximum absolute atomic E-state index is 13.1. The highest BCUT2D eigenvalue weighted by atomic mass is 79.9. The Bertz CT molecular complexity index is 326. The van der Waals surface area contributed by atoms with Gasteiger partial charge in [0.05, 0.1) is 6.10 Å². The molecule has 0 aliphatic heterocycles. The second-order valence-electron chi connectivity index (χ2n) is 2.73. The summed E-state index contributed by atoms with van der Waals surface area (Å²) in [5.41, 5.74) is -0.0408. The summed E-state index contributed by atoms with van der Waals surface area (Å²) in [6.45, 7) is 0. The van der Waals surface area contributed by atoms with Crippen LogP contribution in [0.15, 0.2) is 16.7 Å². The average molecular weight is 282 g/mol. The highest BCUT2D eigenvalue weighted by Gasteiger charge is 2.21. The van der Waals surface area contributed by atoms with E-state index in [4.69, 9.17) is 0 Å². The molecule has 1 aromatic rings. The minimum Gasteiger partial charge on any atom is -0.389 e. The molecule has 78 valence electrons. The SMILES string of the molecule is OC(CS)C(O)c1cc(Br)cnc1F. The zero-order chi connectivity index (χ0) is 10.7. The summed E-state index contributed by atoms with van der Waals surface area (Å²) in [5, 5.41) is 18.8. The molecule has 0 aromatic carbocycles. The number of aromatic nitrogens is 1. The lowest BCUT2D eigenvalue weighted by Crippen LogP contribution is -2.21. The van der Waals surface area contributed by atoms with Gasteiger partial charge in [0.15, 0.2) is 0 Å². The van der Waals surface area contributed by atoms with Crippen LogP contribution in [-0.2, 0) is 0 Å². The summed E-state index contributed by atoms with van der Waals surface area (Å²) in [6.07, 6.45) is -1.14. The van der Waals surface area contributed by atoms with Gasteiger partial charge in [0, 0.05) is 22.0 Å². The van der Waals surface area contributed by atoms with Crippen molar-refractivity contribution in [2.45, 2.75) is 12.2 Å². The number of hydrogen-bond acceptors (Lipinski definition) is 4. The Morgan fingerprint density at radius 3 is 2.79 bits per heavy atom. The van der Waals surface area contributed by atoms with Crippen molar-refractivity contribution in [3.05, 3.63) is 28.2 Å². The van der Waals surface area contributed by atoms with Crippen LogP contribution in [-0.4, -0.2) is 27.1 Å². The predicted molar refractivity (Wildman–Crippen MR) is 56.7 cm³/mol. The summed E-state index contributed by atoms with van der Waals surface area (Å²) >= 11 is 6.90. The molecular weight excluding hydrogens is 273 g/mol. The van der Waals surface area contributed by atoms with E-state index in [1.54, 1.807) is 0 Å². The monoisotopic (exact) mass is 281 g/mol. The summed E-state index contributed by atoms with van der Waals surface area (Å²) in [5.74, 6) is -0.742. The normalized spacial score (nSPS) is 15.2. The molecule has 2 unspecified atom stereocenters. The van der Waals surface area contributed by atoms with Crippen molar-refractivity contribution in [3.8, 4) is 0 Å². The van der Waals surface area contributed by atoms with E-state index >= 15 is 0 Å². The lowest BCUT2D eigenvalue weighted by atomic mass is 10.1. The molecule has 1 aromatic heterocycles. The lowest BCUT2D eigenvalue weighted by Gasteiger charge is -2.16. The number of hydrogen-bond donors (Lipinski definition) is 3. The molecule has 6 heteroatoms. The first kappa shape index (κ1) is 11.9. The van der Waals surface area contributed by atoms with Crippen LogP contribution in [0.3, 0.4) is 0 Å². The predicted octanol–water partition coefficient (Wildman–Crippen LogP) is 1.31. The van der Waals surface area contributed by atoms with Gasteiger partial charge >= 0.3 is 0 Å². The molecule has 2 N–H and O–H groups in total. The minimum atomic E-state index is -1.31. The first-order valence-corrected chi connectivity index (χ1v) is 5.26. The molecule has 3 nitrogen and oxygen atoms in total. The van der Waals surface area contributed by atoms with Gasteiger partial charge < -0.3 is 10.2 Å². The van der Waals surface area contributed by atoms with Crippen molar-refractivity contribution in [1.82, 2.24) is 4.98 Å². The van der Waals surface area contributed by atoms with Crippen LogP contribution in [0.2, 0.25) is 0 Å². The van der Waals surface area contributed by atoms with Crippen LogP contribution < -0.4 is 0 Å². The van der Waals surface area contributed by atoms with Gasteiger partial charge in [-0.15, -0.1) is 0 Å². The smallest absolute Gasteiger partial charge is 0.218 e. The number of rotatable bonds is 3. The third-order valence-electron chi connectivity index (χ3n) is 1.70. The molecule has 2 atom stereocenters. The van der Waals surface area contributed by atoms with Crippen molar-refractivity contribution in [1.29, 1.82) is 0 Å². The van der Waals surface area contributed by atoms with Gasteiger partial charge in [-0.1, -0.05) is 0 Å². The lowest BCUT2D eigenvalue weighted by molar-refractivity contribution is 0.0309. The van der Waals surface area contributed by atoms with E-state index in [1.165, 1.54) is 12.3 Å². The minimum absolute atomic E-state index is 0.0408. The maximum Gasteiger partial charge on any atom is 0.218 e. The van der Waals surface area contributed by atoms with Crippen LogP contribution in [0.4, 0.5) is 4.39 Å². The van der Waals surface area contributed by atoms with Crippen LogP contribution in [0.5, 0.6) is 0 Å². The van der Waals surface area contributed by atoms with E-state index in [-0.39, 0.29) is 11.3 Å². The van der Waals surface area contributed by atoms with Crippen molar-refractivity contribution in [2.75, 3.05) is 5.75 Å². The molecule has 0 bridgehead atoms. The van der Waals surface area contributed by atoms with E-state index in [1.807, 2.05) is 0 Å². The summed E-state index contributed by atoms with van der Waals surface area (Å²) < 4.78 is 13.6. The van der Waals surface area contributed by atoms with Gasteiger partial charge in [-0.05, 0) is 22.0 Å². The maximum atomic E-state index is 13.1. The van der Waals surface area contributed by atoms with Gasteiger partial charge in [-0.3, -0.25) is 0 Å². The molecule has 0 spiro atoms. The molecule has 14 heavy (non-hydrogen) atoms. The number of aliphatic hydroxyl groups excluding tert-OH is 2. The first-order chi connectivity index (χ1) is 6.56. The number of thiol groups is 1. The zero-order valence-electron chi connectivity index (χ0n) is 7.06. The molecule has 0 saturated heterocycles. The third kappa shape index (κ3) is 2.66. The summed E-state index contributed by atoms with van der Waals surface area (Å²) in [7, 11) is 0. The van der Waals surface area contributed by atoms with Crippen molar-refractivity contribution < 1.29 is 14.6 Å². The van der Waals surface area contributed by atoms with E-state index in [2.05, 4.69) is 33.5 Å². The molecule has 0 fully saturated rings. The Morgan fingerprint density at radius 2 is 2.21 bits per heavy atom. The fourth-order valence-electron chi connectivity index (χ4n) is 0.953. The van der Waals surface area contributed by atoms with Crippen LogP contribution in [0.1, 0.15) is 11.7 Å². The first-order valence-electron chi connectivity index (χ1n) is 3.84. The fraction of sp³-hybridized carbons (Fsp3) is 0.375. The van der Waals surface area contributed by atoms with Gasteiger partial charge in [-0.25, -0.2) is 4.98 Å². The van der Waals surface area contributed by atoms with Crippen LogP contribution in [0, 0.1) is 5.95 Å². The topological polar surface area (TPSA) is 53.4 Å². The molecule has 0 saturated carbocycles. The third-order valence-corrected chi connectivity index (χ3v) is 2.51. The van der Waals surface area contributed by atoms with Crippen LogP contribution >= 0.6 is 28.6 Å². The quantitative estimate of drug-likeness (QED) is 0.578. The molecule has 0 aliphatic carbocycles. The molecule has 1 rings (SSSR count). The van der Waals surface area contributed by atoms with Crippen LogP contribution in [0.25, 0.3) is 0 Å². The van der Waals surface area contributed by atoms with Gasteiger partial charge in [0.25, 0.3) is 0 Å². The Labute approximate surface area is 94.5 Å². The highest BCUT2D eigenvalue weighted by molar-refractivity contribution is 9.10. The fourth-order valence-corrected chi connectivity index (χ4v) is 1.50. The van der Waals surface area contributed by atoms with Crippen molar-refractivity contribution in [3.63, 3.8) is 0 Å². The Hall–Kier alpha value is -0.170. The Morgan fingerprint density at radius 1 is 1.57 bits per heavy atom. The molecule has 0 aliphatic rings. The van der Waals surface area contributed by atoms with Gasteiger partial charge in [0.1, 0.15) is 6.10 Å². The van der Waals surface area contributed by atoms with E-state index in [0.29, 0.717) is 4.47 Å². The van der Waals surface area contributed by atoms with Crippen molar-refractivity contribution in [2.24, 2.45) is 0 Å². The average Bonchev–Trinajstić information content (AvgIpc) is 2.19. The molecule has 1 heterocycles. The number of nitrogens with zero attached hydrogens (tertiary/aromatic N) is 1. The van der Waals surface area contributed by atoms with E-state index in [9.17, 15) is 14.6 Å². The number of halogens is 2. The number of aliphatic hydroxyl groups is 2. The zero-order valence-corrected chi connectivity index (χ0v) is 9.54. The van der Waals surface area contributed by atoms with E-state index < -0.39 is 18.2 Å². The molecular formula is C8H9BrFNO2S. The second kappa shape index (κ2) is 5.06. The van der Waals surface area contributed by atoms with Gasteiger partial charge in [-0.2, -0.15) is 17.0 Å². The number of pyridine rings is 1. The van der Waals surface area contributed by atoms with E-state index in [0.717, 1.165) is 0 Å². The Kier molecular flexibility index (Phi) is 4.31. The molecule has 0 amide bonds. The second-order valence-corrected chi connectivity index (χ2v) is 4.01. The summed E-state index contributed by atoms with van der Waals surface area (Å²) in [4.78, 5) is 3.41. The largest absolute Gasteiger partial charge is 0.389 e. The van der Waals surface area contributed by atoms with Crippen molar-refractivity contribution >= 4 is 28.6 Å². The van der Waals surface area contributed by atoms with Gasteiger partial charge in [0.2, 0.25) is 5.95 Å². The highest BCUT2D eigenvalue weighted by Crippen LogP contribution is 2.22. The molecule has 0 radical (unpaired) electrons. The summed E-state index contributed by atoms with van der Waals surface area (Å²) in [6, 6.07) is 1.37. The standard InChI is InChI=1S/C8H9BrFNO2S/c9-4-1-5(8(10)11-2-4)7(13)6(12)3-14/h1-2,6-7,12-14H,3H2.